The summed E-state index contributed by atoms with van der Waals surface area (Å²) in [5, 5.41) is 2.83. The van der Waals surface area contributed by atoms with Crippen molar-refractivity contribution in [3.8, 4) is 0 Å². The molecule has 168 valence electrons. The second-order valence-electron chi connectivity index (χ2n) is 7.91. The molecular weight excluding hydrogens is 426 g/mol. The molecule has 30 heavy (non-hydrogen) atoms. The van der Waals surface area contributed by atoms with Crippen LogP contribution in [0.5, 0.6) is 0 Å². The molecule has 8 nitrogen and oxygen atoms in total. The largest absolute Gasteiger partial charge is 0.326 e. The lowest BCUT2D eigenvalue weighted by Crippen LogP contribution is -2.42. The highest BCUT2D eigenvalue weighted by molar-refractivity contribution is 7.89. The third-order valence-corrected chi connectivity index (χ3v) is 9.70. The molecule has 1 aromatic rings. The van der Waals surface area contributed by atoms with Gasteiger partial charge in [-0.05, 0) is 56.9 Å². The molecule has 10 heteroatoms. The third-order valence-electron chi connectivity index (χ3n) is 5.91. The number of carbonyl (C=O) groups is 1. The number of piperidine rings is 1. The van der Waals surface area contributed by atoms with Gasteiger partial charge >= 0.3 is 0 Å². The second kappa shape index (κ2) is 9.76. The molecule has 2 aliphatic rings. The monoisotopic (exact) mass is 457 g/mol. The van der Waals surface area contributed by atoms with Gasteiger partial charge in [0.25, 0.3) is 0 Å². The first-order chi connectivity index (χ1) is 14.2. The van der Waals surface area contributed by atoms with Crippen LogP contribution in [-0.2, 0) is 24.8 Å². The Labute approximate surface area is 179 Å². The zero-order valence-corrected chi connectivity index (χ0v) is 19.1. The number of amides is 1. The minimum Gasteiger partial charge on any atom is -0.326 e. The van der Waals surface area contributed by atoms with Crippen LogP contribution in [0.4, 0.5) is 5.69 Å². The molecule has 2 saturated heterocycles. The van der Waals surface area contributed by atoms with Gasteiger partial charge in [0.2, 0.25) is 26.0 Å². The van der Waals surface area contributed by atoms with Gasteiger partial charge in [-0.3, -0.25) is 4.79 Å². The molecule has 0 bridgehead atoms. The van der Waals surface area contributed by atoms with E-state index in [9.17, 15) is 21.6 Å². The number of benzene rings is 1. The molecule has 0 radical (unpaired) electrons. The quantitative estimate of drug-likeness (QED) is 0.706. The van der Waals surface area contributed by atoms with Crippen LogP contribution in [-0.4, -0.2) is 63.3 Å². The van der Waals surface area contributed by atoms with Gasteiger partial charge < -0.3 is 5.32 Å². The number of hydrogen-bond donors (Lipinski definition) is 1. The van der Waals surface area contributed by atoms with Crippen molar-refractivity contribution < 1.29 is 21.6 Å². The molecule has 0 aliphatic carbocycles. The van der Waals surface area contributed by atoms with Gasteiger partial charge in [-0.1, -0.05) is 12.8 Å². The summed E-state index contributed by atoms with van der Waals surface area (Å²) >= 11 is 0. The Morgan fingerprint density at radius 2 is 1.47 bits per heavy atom. The third kappa shape index (κ3) is 5.40. The van der Waals surface area contributed by atoms with Crippen LogP contribution in [0.2, 0.25) is 0 Å². The molecule has 0 saturated carbocycles. The standard InChI is InChI=1S/C20H31N3O5S2/c1-2-29(25,26)22-15-11-17(12-16-22)20(24)21-18-7-9-19(10-8-18)30(27,28)23-13-5-3-4-6-14-23/h7-10,17H,2-6,11-16H2,1H3,(H,21,24). The van der Waals surface area contributed by atoms with E-state index in [2.05, 4.69) is 5.32 Å². The summed E-state index contributed by atoms with van der Waals surface area (Å²) in [4.78, 5) is 12.8. The molecule has 1 aromatic carbocycles. The number of sulfonamides is 2. The maximum absolute atomic E-state index is 12.8. The highest BCUT2D eigenvalue weighted by Gasteiger charge is 2.30. The summed E-state index contributed by atoms with van der Waals surface area (Å²) in [7, 11) is -6.73. The Balaban J connectivity index is 1.58. The van der Waals surface area contributed by atoms with Gasteiger partial charge in [0.1, 0.15) is 0 Å². The van der Waals surface area contributed by atoms with Gasteiger partial charge in [-0.15, -0.1) is 0 Å². The highest BCUT2D eigenvalue weighted by atomic mass is 32.2. The summed E-state index contributed by atoms with van der Waals surface area (Å²) in [5.41, 5.74) is 0.540. The van der Waals surface area contributed by atoms with Crippen molar-refractivity contribution in [2.24, 2.45) is 5.92 Å². The molecule has 2 heterocycles. The molecule has 2 aliphatic heterocycles. The lowest BCUT2D eigenvalue weighted by molar-refractivity contribution is -0.120. The normalized spacial score (nSPS) is 20.6. The molecule has 0 atom stereocenters. The second-order valence-corrected chi connectivity index (χ2v) is 12.1. The molecule has 1 amide bonds. The predicted molar refractivity (Wildman–Crippen MR) is 116 cm³/mol. The predicted octanol–water partition coefficient (Wildman–Crippen LogP) is 2.25. The van der Waals surface area contributed by atoms with Crippen LogP contribution in [0, 0.1) is 5.92 Å². The van der Waals surface area contributed by atoms with E-state index in [1.807, 2.05) is 0 Å². The molecule has 0 unspecified atom stereocenters. The SMILES string of the molecule is CCS(=O)(=O)N1CCC(C(=O)Nc2ccc(S(=O)(=O)N3CCCCCC3)cc2)CC1. The van der Waals surface area contributed by atoms with Crippen molar-refractivity contribution in [1.82, 2.24) is 8.61 Å². The van der Waals surface area contributed by atoms with Crippen molar-refractivity contribution in [1.29, 1.82) is 0 Å². The minimum atomic E-state index is -3.52. The van der Waals surface area contributed by atoms with E-state index < -0.39 is 20.0 Å². The zero-order valence-electron chi connectivity index (χ0n) is 17.4. The minimum absolute atomic E-state index is 0.0660. The van der Waals surface area contributed by atoms with E-state index in [4.69, 9.17) is 0 Å². The maximum Gasteiger partial charge on any atom is 0.243 e. The lowest BCUT2D eigenvalue weighted by atomic mass is 9.97. The average molecular weight is 458 g/mol. The van der Waals surface area contributed by atoms with E-state index in [1.54, 1.807) is 23.4 Å². The number of nitrogens with one attached hydrogen (secondary N) is 1. The van der Waals surface area contributed by atoms with E-state index in [-0.39, 0.29) is 22.5 Å². The number of nitrogens with zero attached hydrogens (tertiary/aromatic N) is 2. The summed E-state index contributed by atoms with van der Waals surface area (Å²) in [6, 6.07) is 6.29. The first kappa shape index (κ1) is 23.2. The number of anilines is 1. The summed E-state index contributed by atoms with van der Waals surface area (Å²) in [6.07, 6.45) is 4.83. The molecule has 0 spiro atoms. The lowest BCUT2D eigenvalue weighted by Gasteiger charge is -2.30. The number of hydrogen-bond acceptors (Lipinski definition) is 5. The van der Waals surface area contributed by atoms with E-state index in [0.29, 0.717) is 44.7 Å². The van der Waals surface area contributed by atoms with Crippen molar-refractivity contribution in [3.05, 3.63) is 24.3 Å². The first-order valence-electron chi connectivity index (χ1n) is 10.6. The van der Waals surface area contributed by atoms with Crippen LogP contribution in [0.3, 0.4) is 0 Å². The summed E-state index contributed by atoms with van der Waals surface area (Å²) < 4.78 is 52.6. The van der Waals surface area contributed by atoms with Crippen molar-refractivity contribution in [2.75, 3.05) is 37.2 Å². The summed E-state index contributed by atoms with van der Waals surface area (Å²) in [5.74, 6) is -0.350. The van der Waals surface area contributed by atoms with Crippen LogP contribution >= 0.6 is 0 Å². The van der Waals surface area contributed by atoms with E-state index >= 15 is 0 Å². The Bertz CT molecular complexity index is 929. The average Bonchev–Trinajstić information content (AvgIpc) is 3.04. The Hall–Kier alpha value is -1.49. The topological polar surface area (TPSA) is 104 Å². The van der Waals surface area contributed by atoms with Crippen molar-refractivity contribution in [2.45, 2.75) is 50.3 Å². The van der Waals surface area contributed by atoms with Crippen LogP contribution in [0.1, 0.15) is 45.4 Å². The van der Waals surface area contributed by atoms with Gasteiger partial charge in [-0.25, -0.2) is 21.1 Å². The Kier molecular flexibility index (Phi) is 7.54. The van der Waals surface area contributed by atoms with Crippen molar-refractivity contribution in [3.63, 3.8) is 0 Å². The Morgan fingerprint density at radius 3 is 2.00 bits per heavy atom. The molecule has 2 fully saturated rings. The van der Waals surface area contributed by atoms with Gasteiger partial charge in [0.05, 0.1) is 10.6 Å². The van der Waals surface area contributed by atoms with Crippen LogP contribution < -0.4 is 5.32 Å². The van der Waals surface area contributed by atoms with Gasteiger partial charge in [0, 0.05) is 37.8 Å². The van der Waals surface area contributed by atoms with Crippen LogP contribution in [0.15, 0.2) is 29.2 Å². The first-order valence-corrected chi connectivity index (χ1v) is 13.7. The van der Waals surface area contributed by atoms with Crippen LogP contribution in [0.25, 0.3) is 0 Å². The zero-order chi connectivity index (χ0) is 21.8. The Morgan fingerprint density at radius 1 is 0.900 bits per heavy atom. The molecular formula is C20H31N3O5S2. The van der Waals surface area contributed by atoms with Gasteiger partial charge in [-0.2, -0.15) is 4.31 Å². The fraction of sp³-hybridized carbons (Fsp3) is 0.650. The van der Waals surface area contributed by atoms with Crippen molar-refractivity contribution >= 4 is 31.6 Å². The fourth-order valence-electron chi connectivity index (χ4n) is 3.96. The number of carbonyl (C=O) groups excluding carboxylic acids is 1. The number of rotatable bonds is 6. The van der Waals surface area contributed by atoms with Gasteiger partial charge in [0.15, 0.2) is 0 Å². The fourth-order valence-corrected chi connectivity index (χ4v) is 6.61. The van der Waals surface area contributed by atoms with E-state index in [1.165, 1.54) is 16.4 Å². The highest BCUT2D eigenvalue weighted by Crippen LogP contribution is 2.24. The van der Waals surface area contributed by atoms with E-state index in [0.717, 1.165) is 25.7 Å². The molecule has 3 rings (SSSR count). The summed E-state index contributed by atoms with van der Waals surface area (Å²) in [6.45, 7) is 3.41. The maximum atomic E-state index is 12.8. The molecule has 0 aromatic heterocycles. The smallest absolute Gasteiger partial charge is 0.243 e. The molecule has 1 N–H and O–H groups in total.